The van der Waals surface area contributed by atoms with E-state index in [-0.39, 0.29) is 22.7 Å². The Balaban J connectivity index is 1.88. The zero-order valence-electron chi connectivity index (χ0n) is 12.0. The van der Waals surface area contributed by atoms with Gasteiger partial charge in [-0.2, -0.15) is 0 Å². The molecule has 1 aliphatic carbocycles. The molecule has 0 aromatic heterocycles. The quantitative estimate of drug-likeness (QED) is 0.870. The molecule has 1 aliphatic rings. The van der Waals surface area contributed by atoms with Gasteiger partial charge in [-0.25, -0.2) is 4.39 Å². The molecule has 1 fully saturated rings. The molecular formula is C15H17ClFNO4. The molecule has 2 N–H and O–H groups in total. The molecule has 0 radical (unpaired) electrons. The molecular weight excluding hydrogens is 313 g/mol. The van der Waals surface area contributed by atoms with Crippen LogP contribution in [0.5, 0.6) is 5.75 Å². The fourth-order valence-electron chi connectivity index (χ4n) is 2.47. The van der Waals surface area contributed by atoms with Crippen LogP contribution in [-0.4, -0.2) is 29.1 Å². The zero-order valence-corrected chi connectivity index (χ0v) is 12.8. The Kier molecular flexibility index (Phi) is 5.24. The fourth-order valence-corrected chi connectivity index (χ4v) is 2.68. The number of carbonyl (C=O) groups excluding carboxylic acids is 1. The third kappa shape index (κ3) is 4.10. The van der Waals surface area contributed by atoms with E-state index in [2.05, 4.69) is 5.32 Å². The molecule has 0 spiro atoms. The molecule has 22 heavy (non-hydrogen) atoms. The molecule has 7 heteroatoms. The summed E-state index contributed by atoms with van der Waals surface area (Å²) < 4.78 is 18.4. The van der Waals surface area contributed by atoms with Gasteiger partial charge < -0.3 is 15.2 Å². The lowest BCUT2D eigenvalue weighted by Crippen LogP contribution is -2.41. The van der Waals surface area contributed by atoms with Crippen molar-refractivity contribution < 1.29 is 23.8 Å². The van der Waals surface area contributed by atoms with Gasteiger partial charge in [0, 0.05) is 6.04 Å². The lowest BCUT2D eigenvalue weighted by Gasteiger charge is -2.18. The van der Waals surface area contributed by atoms with E-state index < -0.39 is 23.8 Å². The first-order valence-electron chi connectivity index (χ1n) is 7.01. The summed E-state index contributed by atoms with van der Waals surface area (Å²) in [5, 5.41) is 11.8. The molecule has 1 amide bonds. The first-order chi connectivity index (χ1) is 10.4. The maximum Gasteiger partial charge on any atom is 0.306 e. The van der Waals surface area contributed by atoms with E-state index in [0.29, 0.717) is 19.3 Å². The van der Waals surface area contributed by atoms with Gasteiger partial charge in [0.15, 0.2) is 6.10 Å². The molecule has 120 valence electrons. The number of nitrogens with one attached hydrogen (secondary N) is 1. The number of carboxylic acid groups (broad SMARTS) is 1. The number of amides is 1. The lowest BCUT2D eigenvalue weighted by molar-refractivity contribution is -0.141. The van der Waals surface area contributed by atoms with Gasteiger partial charge >= 0.3 is 5.97 Å². The highest BCUT2D eigenvalue weighted by molar-refractivity contribution is 6.32. The molecule has 1 saturated carbocycles. The first kappa shape index (κ1) is 16.5. The van der Waals surface area contributed by atoms with E-state index in [9.17, 15) is 14.0 Å². The Hall–Kier alpha value is -1.82. The van der Waals surface area contributed by atoms with E-state index in [1.54, 1.807) is 6.92 Å². The summed E-state index contributed by atoms with van der Waals surface area (Å²) in [6, 6.07) is 3.50. The van der Waals surface area contributed by atoms with Crippen LogP contribution >= 0.6 is 11.6 Å². The monoisotopic (exact) mass is 329 g/mol. The Labute approximate surface area is 132 Å². The van der Waals surface area contributed by atoms with Crippen LogP contribution in [0.3, 0.4) is 0 Å². The molecule has 1 unspecified atom stereocenters. The van der Waals surface area contributed by atoms with Gasteiger partial charge in [0.25, 0.3) is 5.91 Å². The second-order valence-electron chi connectivity index (χ2n) is 5.39. The molecule has 1 aromatic carbocycles. The average molecular weight is 330 g/mol. The molecule has 5 nitrogen and oxygen atoms in total. The average Bonchev–Trinajstić information content (AvgIpc) is 2.90. The third-order valence-corrected chi connectivity index (χ3v) is 3.99. The van der Waals surface area contributed by atoms with Crippen LogP contribution in [0.4, 0.5) is 4.39 Å². The van der Waals surface area contributed by atoms with Crippen molar-refractivity contribution in [2.75, 3.05) is 0 Å². The van der Waals surface area contributed by atoms with Crippen LogP contribution in [0.15, 0.2) is 18.2 Å². The fraction of sp³-hybridized carbons (Fsp3) is 0.467. The highest BCUT2D eigenvalue weighted by Gasteiger charge is 2.31. The Bertz CT molecular complexity index is 581. The molecule has 0 aliphatic heterocycles. The lowest BCUT2D eigenvalue weighted by atomic mass is 10.1. The van der Waals surface area contributed by atoms with Crippen molar-refractivity contribution >= 4 is 23.5 Å². The summed E-state index contributed by atoms with van der Waals surface area (Å²) in [4.78, 5) is 22.9. The van der Waals surface area contributed by atoms with Crippen molar-refractivity contribution in [3.8, 4) is 5.75 Å². The molecule has 0 bridgehead atoms. The van der Waals surface area contributed by atoms with Gasteiger partial charge in [-0.1, -0.05) is 11.6 Å². The minimum absolute atomic E-state index is 0.0893. The van der Waals surface area contributed by atoms with E-state index in [1.807, 2.05) is 0 Å². The number of ether oxygens (including phenoxy) is 1. The van der Waals surface area contributed by atoms with Crippen LogP contribution in [0, 0.1) is 11.7 Å². The second kappa shape index (κ2) is 6.96. The van der Waals surface area contributed by atoms with Crippen molar-refractivity contribution in [2.45, 2.75) is 38.3 Å². The van der Waals surface area contributed by atoms with Crippen LogP contribution in [-0.2, 0) is 9.59 Å². The summed E-state index contributed by atoms with van der Waals surface area (Å²) >= 11 is 5.84. The van der Waals surface area contributed by atoms with Crippen molar-refractivity contribution in [1.82, 2.24) is 5.32 Å². The van der Waals surface area contributed by atoms with Crippen LogP contribution in [0.25, 0.3) is 0 Å². The summed E-state index contributed by atoms with van der Waals surface area (Å²) in [5.41, 5.74) is 0. The predicted octanol–water partition coefficient (Wildman–Crippen LogP) is 2.62. The highest BCUT2D eigenvalue weighted by Crippen LogP contribution is 2.27. The molecule has 1 aromatic rings. The third-order valence-electron chi connectivity index (χ3n) is 3.70. The Morgan fingerprint density at radius 1 is 1.45 bits per heavy atom. The van der Waals surface area contributed by atoms with Crippen molar-refractivity contribution in [1.29, 1.82) is 0 Å². The number of carbonyl (C=O) groups is 2. The van der Waals surface area contributed by atoms with E-state index in [0.717, 1.165) is 6.07 Å². The topological polar surface area (TPSA) is 75.6 Å². The Morgan fingerprint density at radius 2 is 2.18 bits per heavy atom. The Morgan fingerprint density at radius 3 is 2.77 bits per heavy atom. The molecule has 3 atom stereocenters. The van der Waals surface area contributed by atoms with Crippen molar-refractivity contribution in [3.63, 3.8) is 0 Å². The summed E-state index contributed by atoms with van der Waals surface area (Å²) in [7, 11) is 0. The van der Waals surface area contributed by atoms with Crippen molar-refractivity contribution in [3.05, 3.63) is 29.0 Å². The number of hydrogen-bond acceptors (Lipinski definition) is 3. The molecule has 2 rings (SSSR count). The summed E-state index contributed by atoms with van der Waals surface area (Å²) in [6.45, 7) is 1.55. The smallest absolute Gasteiger partial charge is 0.306 e. The van der Waals surface area contributed by atoms with Gasteiger partial charge in [-0.3, -0.25) is 9.59 Å². The second-order valence-corrected chi connectivity index (χ2v) is 5.80. The van der Waals surface area contributed by atoms with Crippen LogP contribution in [0.1, 0.15) is 26.2 Å². The first-order valence-corrected chi connectivity index (χ1v) is 7.39. The number of carboxylic acids is 1. The number of hydrogen-bond donors (Lipinski definition) is 2. The number of benzene rings is 1. The normalized spacial score (nSPS) is 22.1. The van der Waals surface area contributed by atoms with E-state index in [4.69, 9.17) is 21.4 Å². The predicted molar refractivity (Wildman–Crippen MR) is 78.4 cm³/mol. The maximum atomic E-state index is 12.9. The van der Waals surface area contributed by atoms with Gasteiger partial charge in [0.2, 0.25) is 0 Å². The van der Waals surface area contributed by atoms with Gasteiger partial charge in [-0.15, -0.1) is 0 Å². The minimum Gasteiger partial charge on any atom is -0.481 e. The standard InChI is InChI=1S/C15H17ClFNO4/c1-8(22-13-5-3-10(17)7-12(13)16)14(19)18-11-4-2-9(6-11)15(20)21/h3,5,7-9,11H,2,4,6H2,1H3,(H,18,19)(H,20,21)/t8?,9-,11+/m1/s1. The van der Waals surface area contributed by atoms with Crippen LogP contribution < -0.4 is 10.1 Å². The van der Waals surface area contributed by atoms with E-state index in [1.165, 1.54) is 12.1 Å². The van der Waals surface area contributed by atoms with Crippen molar-refractivity contribution in [2.24, 2.45) is 5.92 Å². The number of rotatable bonds is 5. The summed E-state index contributed by atoms with van der Waals surface area (Å²) in [6.07, 6.45) is 0.795. The zero-order chi connectivity index (χ0) is 16.3. The minimum atomic E-state index is -0.834. The largest absolute Gasteiger partial charge is 0.481 e. The summed E-state index contributed by atoms with van der Waals surface area (Å²) in [5.74, 6) is -1.86. The van der Waals surface area contributed by atoms with Gasteiger partial charge in [0.05, 0.1) is 10.9 Å². The van der Waals surface area contributed by atoms with Gasteiger partial charge in [-0.05, 0) is 44.4 Å². The highest BCUT2D eigenvalue weighted by atomic mass is 35.5. The molecule has 0 saturated heterocycles. The number of aliphatic carboxylic acids is 1. The van der Waals surface area contributed by atoms with E-state index >= 15 is 0 Å². The van der Waals surface area contributed by atoms with Gasteiger partial charge in [0.1, 0.15) is 11.6 Å². The number of halogens is 2. The SMILES string of the molecule is CC(Oc1ccc(F)cc1Cl)C(=O)N[C@H]1CC[C@@H](C(=O)O)C1. The van der Waals surface area contributed by atoms with Crippen LogP contribution in [0.2, 0.25) is 5.02 Å². The maximum absolute atomic E-state index is 12.9. The molecule has 0 heterocycles.